The first kappa shape index (κ1) is 21.2. The molecule has 3 rings (SSSR count). The largest absolute Gasteiger partial charge is 0.496 e. The minimum Gasteiger partial charge on any atom is -0.496 e. The molecule has 2 aromatic rings. The Hall–Kier alpha value is -2.52. The van der Waals surface area contributed by atoms with Crippen LogP contribution in [0.15, 0.2) is 51.8 Å². The van der Waals surface area contributed by atoms with E-state index in [1.165, 1.54) is 16.7 Å². The third-order valence-electron chi connectivity index (χ3n) is 4.57. The number of anilines is 1. The van der Waals surface area contributed by atoms with E-state index < -0.39 is 30.4 Å². The summed E-state index contributed by atoms with van der Waals surface area (Å²) in [5.41, 5.74) is 1.18. The summed E-state index contributed by atoms with van der Waals surface area (Å²) in [7, 11) is 1.55. The van der Waals surface area contributed by atoms with Crippen molar-refractivity contribution in [2.24, 2.45) is 0 Å². The average Bonchev–Trinajstić information content (AvgIpc) is 2.91. The molecule has 1 N–H and O–H groups in total. The van der Waals surface area contributed by atoms with Crippen LogP contribution in [0.3, 0.4) is 0 Å². The molecule has 3 amide bonds. The number of rotatable bonds is 7. The fourth-order valence-corrected chi connectivity index (χ4v) is 4.21. The zero-order valence-electron chi connectivity index (χ0n) is 15.8. The van der Waals surface area contributed by atoms with Gasteiger partial charge in [0.15, 0.2) is 0 Å². The molecular formula is C20H19BrN2O5S. The van der Waals surface area contributed by atoms with Crippen molar-refractivity contribution in [3.63, 3.8) is 0 Å². The molecule has 0 spiro atoms. The third-order valence-corrected chi connectivity index (χ3v) is 5.91. The molecule has 1 aliphatic rings. The molecule has 1 aliphatic heterocycles. The summed E-state index contributed by atoms with van der Waals surface area (Å²) in [6.45, 7) is 0.101. The summed E-state index contributed by atoms with van der Waals surface area (Å²) >= 11 is 4.89. The predicted octanol–water partition coefficient (Wildman–Crippen LogP) is 3.99. The number of thioether (sulfide) groups is 1. The van der Waals surface area contributed by atoms with E-state index in [0.29, 0.717) is 15.9 Å². The Morgan fingerprint density at radius 1 is 1.24 bits per heavy atom. The number of carboxylic acids is 1. The van der Waals surface area contributed by atoms with Gasteiger partial charge in [0.05, 0.1) is 23.7 Å². The van der Waals surface area contributed by atoms with Gasteiger partial charge in [-0.2, -0.15) is 0 Å². The number of aliphatic carboxylic acids is 1. The van der Waals surface area contributed by atoms with E-state index in [1.54, 1.807) is 43.5 Å². The number of halogens is 1. The zero-order valence-corrected chi connectivity index (χ0v) is 18.2. The van der Waals surface area contributed by atoms with Crippen LogP contribution in [0, 0.1) is 0 Å². The van der Waals surface area contributed by atoms with Crippen molar-refractivity contribution < 1.29 is 24.2 Å². The second-order valence-corrected chi connectivity index (χ2v) is 8.10. The smallest absolute Gasteiger partial charge is 0.332 e. The van der Waals surface area contributed by atoms with Crippen LogP contribution in [-0.4, -0.2) is 47.3 Å². The summed E-state index contributed by atoms with van der Waals surface area (Å²) in [5.74, 6) is -1.05. The summed E-state index contributed by atoms with van der Waals surface area (Å²) in [5, 5.41) is 9.28. The molecule has 0 aliphatic carbocycles. The second-order valence-electron chi connectivity index (χ2n) is 6.37. The van der Waals surface area contributed by atoms with Gasteiger partial charge in [0.1, 0.15) is 11.8 Å². The Labute approximate surface area is 180 Å². The maximum atomic E-state index is 13.1. The fourth-order valence-electron chi connectivity index (χ4n) is 3.17. The minimum absolute atomic E-state index is 0.101. The molecule has 152 valence electrons. The number of benzene rings is 2. The van der Waals surface area contributed by atoms with Gasteiger partial charge < -0.3 is 14.7 Å². The van der Waals surface area contributed by atoms with Gasteiger partial charge in [-0.25, -0.2) is 9.69 Å². The van der Waals surface area contributed by atoms with E-state index in [9.17, 15) is 19.5 Å². The SMILES string of the molecule is COc1ccc(CN2C(=O)N(c3cccc(SC)c3)C(=O)[C@@H]2CC(=O)O)cc1Br. The number of ether oxygens (including phenoxy) is 1. The monoisotopic (exact) mass is 478 g/mol. The zero-order chi connectivity index (χ0) is 21.1. The summed E-state index contributed by atoms with van der Waals surface area (Å²) < 4.78 is 5.91. The first-order valence-electron chi connectivity index (χ1n) is 8.68. The van der Waals surface area contributed by atoms with Crippen LogP contribution in [0.5, 0.6) is 5.75 Å². The Morgan fingerprint density at radius 3 is 2.62 bits per heavy atom. The van der Waals surface area contributed by atoms with E-state index in [2.05, 4.69) is 15.9 Å². The van der Waals surface area contributed by atoms with E-state index in [-0.39, 0.29) is 6.54 Å². The van der Waals surface area contributed by atoms with Crippen LogP contribution in [0.2, 0.25) is 0 Å². The maximum Gasteiger partial charge on any atom is 0.332 e. The molecule has 1 heterocycles. The van der Waals surface area contributed by atoms with Crippen LogP contribution >= 0.6 is 27.7 Å². The van der Waals surface area contributed by atoms with Crippen molar-refractivity contribution in [3.8, 4) is 5.75 Å². The standard InChI is InChI=1S/C20H19BrN2O5S/c1-28-17-7-6-12(8-15(17)21)11-22-16(10-18(24)25)19(26)23(20(22)27)13-4-3-5-14(9-13)29-2/h3-9,16H,10-11H2,1-2H3,(H,24,25)/t16-/m0/s1. The fraction of sp³-hybridized carbons (Fsp3) is 0.250. The van der Waals surface area contributed by atoms with E-state index in [4.69, 9.17) is 4.74 Å². The summed E-state index contributed by atoms with van der Waals surface area (Å²) in [6.07, 6.45) is 1.44. The summed E-state index contributed by atoms with van der Waals surface area (Å²) in [4.78, 5) is 40.7. The normalized spacial score (nSPS) is 16.4. The molecule has 7 nitrogen and oxygen atoms in total. The van der Waals surface area contributed by atoms with Gasteiger partial charge in [-0.3, -0.25) is 9.59 Å². The number of carboxylic acid groups (broad SMARTS) is 1. The number of imide groups is 1. The molecule has 2 aromatic carbocycles. The average molecular weight is 479 g/mol. The molecule has 1 saturated heterocycles. The van der Waals surface area contributed by atoms with E-state index in [0.717, 1.165) is 15.4 Å². The molecule has 9 heteroatoms. The highest BCUT2D eigenvalue weighted by molar-refractivity contribution is 9.10. The van der Waals surface area contributed by atoms with E-state index >= 15 is 0 Å². The van der Waals surface area contributed by atoms with Gasteiger partial charge >= 0.3 is 12.0 Å². The Morgan fingerprint density at radius 2 is 2.00 bits per heavy atom. The molecule has 0 bridgehead atoms. The quantitative estimate of drug-likeness (QED) is 0.478. The number of nitrogens with zero attached hydrogens (tertiary/aromatic N) is 2. The molecular weight excluding hydrogens is 460 g/mol. The number of amides is 3. The van der Waals surface area contributed by atoms with Crippen LogP contribution < -0.4 is 9.64 Å². The molecule has 0 aromatic heterocycles. The van der Waals surface area contributed by atoms with Crippen molar-refractivity contribution in [1.29, 1.82) is 0 Å². The lowest BCUT2D eigenvalue weighted by Gasteiger charge is -2.21. The van der Waals surface area contributed by atoms with Crippen molar-refractivity contribution in [3.05, 3.63) is 52.5 Å². The predicted molar refractivity (Wildman–Crippen MR) is 113 cm³/mol. The number of carbonyl (C=O) groups is 3. The Kier molecular flexibility index (Phi) is 6.49. The van der Waals surface area contributed by atoms with Crippen LogP contribution in [-0.2, 0) is 16.1 Å². The number of carbonyl (C=O) groups excluding carboxylic acids is 2. The molecule has 0 unspecified atom stereocenters. The highest BCUT2D eigenvalue weighted by atomic mass is 79.9. The minimum atomic E-state index is -1.14. The molecule has 1 fully saturated rings. The number of hydrogen-bond acceptors (Lipinski definition) is 5. The molecule has 29 heavy (non-hydrogen) atoms. The van der Waals surface area contributed by atoms with Crippen molar-refractivity contribution in [2.75, 3.05) is 18.3 Å². The first-order valence-corrected chi connectivity index (χ1v) is 10.7. The van der Waals surface area contributed by atoms with Crippen molar-refractivity contribution >= 4 is 51.3 Å². The molecule has 0 saturated carbocycles. The van der Waals surface area contributed by atoms with Crippen molar-refractivity contribution in [1.82, 2.24) is 4.90 Å². The van der Waals surface area contributed by atoms with Gasteiger partial charge in [-0.15, -0.1) is 11.8 Å². The van der Waals surface area contributed by atoms with Gasteiger partial charge in [0.2, 0.25) is 0 Å². The molecule has 0 radical (unpaired) electrons. The van der Waals surface area contributed by atoms with E-state index in [1.807, 2.05) is 12.3 Å². The third kappa shape index (κ3) is 4.40. The number of urea groups is 1. The number of hydrogen-bond donors (Lipinski definition) is 1. The van der Waals surface area contributed by atoms with Crippen LogP contribution in [0.4, 0.5) is 10.5 Å². The Bertz CT molecular complexity index is 968. The lowest BCUT2D eigenvalue weighted by Crippen LogP contribution is -2.36. The topological polar surface area (TPSA) is 87.2 Å². The van der Waals surface area contributed by atoms with Crippen LogP contribution in [0.25, 0.3) is 0 Å². The lowest BCUT2D eigenvalue weighted by molar-refractivity contribution is -0.140. The van der Waals surface area contributed by atoms with Gasteiger partial charge in [-0.1, -0.05) is 12.1 Å². The van der Waals surface area contributed by atoms with Crippen molar-refractivity contribution in [2.45, 2.75) is 23.9 Å². The Balaban J connectivity index is 1.95. The first-order chi connectivity index (χ1) is 13.8. The molecule has 1 atom stereocenters. The van der Waals surface area contributed by atoms with Gasteiger partial charge in [0, 0.05) is 11.4 Å². The highest BCUT2D eigenvalue weighted by Crippen LogP contribution is 2.32. The lowest BCUT2D eigenvalue weighted by atomic mass is 10.1. The van der Waals surface area contributed by atoms with Gasteiger partial charge in [0.25, 0.3) is 5.91 Å². The summed E-state index contributed by atoms with van der Waals surface area (Å²) in [6, 6.07) is 10.7. The van der Waals surface area contributed by atoms with Crippen LogP contribution in [0.1, 0.15) is 12.0 Å². The maximum absolute atomic E-state index is 13.1. The van der Waals surface area contributed by atoms with Gasteiger partial charge in [-0.05, 0) is 58.1 Å². The second kappa shape index (κ2) is 8.87. The highest BCUT2D eigenvalue weighted by Gasteiger charge is 2.46. The number of methoxy groups -OCH3 is 1.